The number of benzene rings is 1. The van der Waals surface area contributed by atoms with Crippen molar-refractivity contribution in [3.05, 3.63) is 36.8 Å². The van der Waals surface area contributed by atoms with Gasteiger partial charge in [-0.25, -0.2) is 19.4 Å². The maximum Gasteiger partial charge on any atom is 0.410 e. The Morgan fingerprint density at radius 1 is 1.09 bits per heavy atom. The molecule has 1 aromatic carbocycles. The summed E-state index contributed by atoms with van der Waals surface area (Å²) in [6.45, 7) is 9.41. The number of hydrogen-bond acceptors (Lipinski definition) is 7. The molecule has 1 saturated heterocycles. The quantitative estimate of drug-likeness (QED) is 0.574. The van der Waals surface area contributed by atoms with Gasteiger partial charge >= 0.3 is 6.09 Å². The Morgan fingerprint density at radius 2 is 1.78 bits per heavy atom. The Labute approximate surface area is 187 Å². The van der Waals surface area contributed by atoms with Crippen molar-refractivity contribution in [3.63, 3.8) is 0 Å². The van der Waals surface area contributed by atoms with Crippen LogP contribution in [0.3, 0.4) is 0 Å². The van der Waals surface area contributed by atoms with Crippen LogP contribution in [0.25, 0.3) is 11.0 Å². The summed E-state index contributed by atoms with van der Waals surface area (Å²) in [7, 11) is 0. The maximum absolute atomic E-state index is 12.3. The Balaban J connectivity index is 1.46. The van der Waals surface area contributed by atoms with Crippen LogP contribution in [0.4, 0.5) is 4.79 Å². The van der Waals surface area contributed by atoms with Gasteiger partial charge in [-0.2, -0.15) is 5.10 Å². The molecule has 0 atom stereocenters. The minimum atomic E-state index is -0.497. The third-order valence-electron chi connectivity index (χ3n) is 5.17. The number of nitrogens with zero attached hydrogens (tertiary/aromatic N) is 5. The molecule has 0 bridgehead atoms. The molecule has 0 saturated carbocycles. The molecule has 32 heavy (non-hydrogen) atoms. The molecule has 9 heteroatoms. The number of carbonyl (C=O) groups is 1. The highest BCUT2D eigenvalue weighted by Crippen LogP contribution is 2.31. The lowest BCUT2D eigenvalue weighted by Gasteiger charge is -2.33. The first-order valence-electron chi connectivity index (χ1n) is 10.9. The first-order valence-corrected chi connectivity index (χ1v) is 10.9. The van der Waals surface area contributed by atoms with Crippen LogP contribution in [0.2, 0.25) is 0 Å². The van der Waals surface area contributed by atoms with Crippen LogP contribution in [-0.4, -0.2) is 56.0 Å². The summed E-state index contributed by atoms with van der Waals surface area (Å²) in [5.41, 5.74) is 0.222. The number of carbonyl (C=O) groups excluding carboxylic acids is 1. The zero-order valence-corrected chi connectivity index (χ0v) is 18.9. The number of amides is 1. The van der Waals surface area contributed by atoms with Crippen LogP contribution in [0, 0.1) is 0 Å². The van der Waals surface area contributed by atoms with Gasteiger partial charge in [-0.1, -0.05) is 0 Å². The predicted molar refractivity (Wildman–Crippen MR) is 119 cm³/mol. The summed E-state index contributed by atoms with van der Waals surface area (Å²) in [6.07, 6.45) is 4.50. The first-order chi connectivity index (χ1) is 15.3. The van der Waals surface area contributed by atoms with Crippen LogP contribution in [0.5, 0.6) is 17.4 Å². The minimum Gasteiger partial charge on any atom is -0.494 e. The van der Waals surface area contributed by atoms with Gasteiger partial charge in [0.05, 0.1) is 18.8 Å². The number of fused-ring (bicyclic) bond motifs is 1. The third kappa shape index (κ3) is 4.92. The van der Waals surface area contributed by atoms with Gasteiger partial charge in [-0.3, -0.25) is 0 Å². The molecule has 1 fully saturated rings. The van der Waals surface area contributed by atoms with Crippen LogP contribution >= 0.6 is 0 Å². The van der Waals surface area contributed by atoms with E-state index in [2.05, 4.69) is 15.1 Å². The molecule has 3 aromatic rings. The lowest BCUT2D eigenvalue weighted by atomic mass is 10.1. The van der Waals surface area contributed by atoms with Crippen LogP contribution < -0.4 is 9.47 Å². The summed E-state index contributed by atoms with van der Waals surface area (Å²) in [6, 6.07) is 7.54. The Bertz CT molecular complexity index is 1070. The second-order valence-electron chi connectivity index (χ2n) is 8.71. The smallest absolute Gasteiger partial charge is 0.410 e. The van der Waals surface area contributed by atoms with Gasteiger partial charge in [0.2, 0.25) is 5.88 Å². The van der Waals surface area contributed by atoms with Gasteiger partial charge in [0.15, 0.2) is 5.65 Å². The summed E-state index contributed by atoms with van der Waals surface area (Å²) in [4.78, 5) is 22.8. The molecule has 3 heterocycles. The van der Waals surface area contributed by atoms with Gasteiger partial charge < -0.3 is 19.1 Å². The summed E-state index contributed by atoms with van der Waals surface area (Å²) < 4.78 is 18.9. The van der Waals surface area contributed by atoms with Gasteiger partial charge in [0.1, 0.15) is 28.8 Å². The van der Waals surface area contributed by atoms with E-state index in [1.807, 2.05) is 56.6 Å². The Kier molecular flexibility index (Phi) is 6.16. The molecule has 4 rings (SSSR count). The highest BCUT2D eigenvalue weighted by molar-refractivity contribution is 5.80. The molecule has 1 amide bonds. The average molecular weight is 440 g/mol. The number of ether oxygens (including phenoxy) is 3. The second kappa shape index (κ2) is 9.02. The van der Waals surface area contributed by atoms with Crippen molar-refractivity contribution in [3.8, 4) is 17.4 Å². The van der Waals surface area contributed by atoms with Gasteiger partial charge in [0, 0.05) is 13.1 Å². The highest BCUT2D eigenvalue weighted by atomic mass is 16.6. The van der Waals surface area contributed by atoms with Crippen LogP contribution in [0.1, 0.15) is 46.6 Å². The van der Waals surface area contributed by atoms with Crippen molar-refractivity contribution in [1.82, 2.24) is 24.6 Å². The van der Waals surface area contributed by atoms with Crippen molar-refractivity contribution in [2.45, 2.75) is 52.2 Å². The van der Waals surface area contributed by atoms with E-state index in [4.69, 9.17) is 14.2 Å². The summed E-state index contributed by atoms with van der Waals surface area (Å²) in [5.74, 6) is 1.90. The zero-order chi connectivity index (χ0) is 22.7. The topological polar surface area (TPSA) is 91.6 Å². The SMILES string of the molecule is CCOc1ccc(Oc2ncnc3c2cnn3C2CCN(C(=O)OC(C)(C)C)CC2)cc1. The standard InChI is InChI=1S/C23H29N5O4/c1-5-30-17-6-8-18(9-7-17)31-21-19-14-26-28(20(19)24-15-25-21)16-10-12-27(13-11-16)22(29)32-23(2,3)4/h6-9,14-16H,5,10-13H2,1-4H3. The molecule has 0 aliphatic carbocycles. The van der Waals surface area contributed by atoms with Gasteiger partial charge in [0.25, 0.3) is 0 Å². The van der Waals surface area contributed by atoms with E-state index in [1.165, 1.54) is 6.33 Å². The number of hydrogen-bond donors (Lipinski definition) is 0. The monoisotopic (exact) mass is 439 g/mol. The first kappa shape index (κ1) is 21.9. The molecular weight excluding hydrogens is 410 g/mol. The molecule has 1 aliphatic heterocycles. The molecule has 0 unspecified atom stereocenters. The highest BCUT2D eigenvalue weighted by Gasteiger charge is 2.29. The fourth-order valence-electron chi connectivity index (χ4n) is 3.69. The Morgan fingerprint density at radius 3 is 2.44 bits per heavy atom. The maximum atomic E-state index is 12.3. The van der Waals surface area contributed by atoms with E-state index in [-0.39, 0.29) is 12.1 Å². The number of likely N-dealkylation sites (tertiary alicyclic amines) is 1. The van der Waals surface area contributed by atoms with Crippen molar-refractivity contribution in [2.75, 3.05) is 19.7 Å². The third-order valence-corrected chi connectivity index (χ3v) is 5.17. The zero-order valence-electron chi connectivity index (χ0n) is 18.9. The summed E-state index contributed by atoms with van der Waals surface area (Å²) in [5, 5.41) is 5.31. The van der Waals surface area contributed by atoms with Crippen LogP contribution in [0.15, 0.2) is 36.8 Å². The van der Waals surface area contributed by atoms with Crippen LogP contribution in [-0.2, 0) is 4.74 Å². The van der Waals surface area contributed by atoms with Gasteiger partial charge in [-0.05, 0) is 64.8 Å². The number of aromatic nitrogens is 4. The normalized spacial score (nSPS) is 15.1. The van der Waals surface area contributed by atoms with E-state index >= 15 is 0 Å². The molecule has 0 radical (unpaired) electrons. The molecule has 170 valence electrons. The lowest BCUT2D eigenvalue weighted by molar-refractivity contribution is 0.0186. The fourth-order valence-corrected chi connectivity index (χ4v) is 3.69. The van der Waals surface area contributed by atoms with E-state index < -0.39 is 5.60 Å². The minimum absolute atomic E-state index is 0.138. The van der Waals surface area contributed by atoms with Gasteiger partial charge in [-0.15, -0.1) is 0 Å². The second-order valence-corrected chi connectivity index (χ2v) is 8.71. The number of rotatable bonds is 5. The molecule has 9 nitrogen and oxygen atoms in total. The molecule has 0 N–H and O–H groups in total. The lowest BCUT2D eigenvalue weighted by Crippen LogP contribution is -2.42. The van der Waals surface area contributed by atoms with Crippen molar-refractivity contribution < 1.29 is 19.0 Å². The molecule has 2 aromatic heterocycles. The molecule has 0 spiro atoms. The van der Waals surface area contributed by atoms with E-state index in [0.717, 1.165) is 29.6 Å². The number of piperidine rings is 1. The van der Waals surface area contributed by atoms with Crippen molar-refractivity contribution >= 4 is 17.1 Å². The largest absolute Gasteiger partial charge is 0.494 e. The van der Waals surface area contributed by atoms with Crippen molar-refractivity contribution in [2.24, 2.45) is 0 Å². The summed E-state index contributed by atoms with van der Waals surface area (Å²) >= 11 is 0. The van der Waals surface area contributed by atoms with Crippen molar-refractivity contribution in [1.29, 1.82) is 0 Å². The predicted octanol–water partition coefficient (Wildman–Crippen LogP) is 4.59. The van der Waals surface area contributed by atoms with E-state index in [9.17, 15) is 4.79 Å². The average Bonchev–Trinajstić information content (AvgIpc) is 3.19. The molecule has 1 aliphatic rings. The van der Waals surface area contributed by atoms with E-state index in [1.54, 1.807) is 11.1 Å². The fraction of sp³-hybridized carbons (Fsp3) is 0.478. The van der Waals surface area contributed by atoms with E-state index in [0.29, 0.717) is 31.3 Å². The molecular formula is C23H29N5O4. The Hall–Kier alpha value is -3.36.